The third-order valence-electron chi connectivity index (χ3n) is 4.21. The molecular formula is C18H27N3O4S. The summed E-state index contributed by atoms with van der Waals surface area (Å²) in [6.45, 7) is 4.62. The summed E-state index contributed by atoms with van der Waals surface area (Å²) in [7, 11) is -2.08. The summed E-state index contributed by atoms with van der Waals surface area (Å²) in [6, 6.07) is 6.01. The van der Waals surface area contributed by atoms with Crippen molar-refractivity contribution >= 4 is 21.8 Å². The quantitative estimate of drug-likeness (QED) is 0.808. The maximum atomic E-state index is 12.8. The van der Waals surface area contributed by atoms with Gasteiger partial charge in [0.2, 0.25) is 15.9 Å². The first-order chi connectivity index (χ1) is 12.2. The van der Waals surface area contributed by atoms with Gasteiger partial charge in [-0.05, 0) is 44.9 Å². The molecule has 0 bridgehead atoms. The van der Waals surface area contributed by atoms with Crippen LogP contribution < -0.4 is 5.32 Å². The summed E-state index contributed by atoms with van der Waals surface area (Å²) in [5.74, 6) is -0.646. The number of nitrogens with one attached hydrogen (secondary N) is 1. The summed E-state index contributed by atoms with van der Waals surface area (Å²) in [5.41, 5.74) is 0.253. The number of carbonyl (C=O) groups is 2. The standard InChI is InChI=1S/C18H27N3O4S/c1-14(2)19-17(22)13-20(3)18(23)15-8-7-9-16(12-15)26(24,25)21-10-5-4-6-11-21/h7-9,12,14H,4-6,10-11,13H2,1-3H3,(H,19,22). The Bertz CT molecular complexity index is 755. The molecule has 1 aromatic carbocycles. The number of sulfonamides is 1. The minimum atomic E-state index is -3.60. The van der Waals surface area contributed by atoms with Crippen molar-refractivity contribution in [1.82, 2.24) is 14.5 Å². The molecule has 1 aromatic rings. The Hall–Kier alpha value is -1.93. The van der Waals surface area contributed by atoms with Gasteiger partial charge in [0.25, 0.3) is 5.91 Å². The van der Waals surface area contributed by atoms with Crippen molar-refractivity contribution in [3.8, 4) is 0 Å². The smallest absolute Gasteiger partial charge is 0.254 e. The normalized spacial score (nSPS) is 15.7. The lowest BCUT2D eigenvalue weighted by atomic mass is 10.2. The predicted molar refractivity (Wildman–Crippen MR) is 99.3 cm³/mol. The highest BCUT2D eigenvalue weighted by Gasteiger charge is 2.27. The summed E-state index contributed by atoms with van der Waals surface area (Å²) in [5, 5.41) is 2.72. The fourth-order valence-corrected chi connectivity index (χ4v) is 4.48. The molecule has 1 aliphatic rings. The first-order valence-corrected chi connectivity index (χ1v) is 10.3. The molecule has 0 atom stereocenters. The molecule has 1 heterocycles. The van der Waals surface area contributed by atoms with Gasteiger partial charge < -0.3 is 10.2 Å². The first-order valence-electron chi connectivity index (χ1n) is 8.87. The lowest BCUT2D eigenvalue weighted by molar-refractivity contribution is -0.122. The molecule has 1 fully saturated rings. The summed E-state index contributed by atoms with van der Waals surface area (Å²) < 4.78 is 27.0. The van der Waals surface area contributed by atoms with Gasteiger partial charge in [-0.1, -0.05) is 12.5 Å². The molecule has 0 aliphatic carbocycles. The molecule has 8 heteroatoms. The Kier molecular flexibility index (Phi) is 6.77. The zero-order valence-electron chi connectivity index (χ0n) is 15.6. The molecule has 1 aliphatic heterocycles. The highest BCUT2D eigenvalue weighted by atomic mass is 32.2. The molecule has 1 saturated heterocycles. The second-order valence-corrected chi connectivity index (χ2v) is 8.81. The van der Waals surface area contributed by atoms with Gasteiger partial charge in [-0.15, -0.1) is 0 Å². The van der Waals surface area contributed by atoms with Crippen molar-refractivity contribution in [1.29, 1.82) is 0 Å². The minimum absolute atomic E-state index is 0.0102. The Morgan fingerprint density at radius 3 is 2.46 bits per heavy atom. The number of amides is 2. The fourth-order valence-electron chi connectivity index (χ4n) is 2.92. The van der Waals surface area contributed by atoms with Crippen LogP contribution in [0.5, 0.6) is 0 Å². The van der Waals surface area contributed by atoms with Gasteiger partial charge in [0, 0.05) is 31.7 Å². The minimum Gasteiger partial charge on any atom is -0.352 e. The molecule has 0 unspecified atom stereocenters. The van der Waals surface area contributed by atoms with Crippen molar-refractivity contribution in [3.05, 3.63) is 29.8 Å². The van der Waals surface area contributed by atoms with Crippen LogP contribution in [0.15, 0.2) is 29.2 Å². The predicted octanol–water partition coefficient (Wildman–Crippen LogP) is 1.46. The number of likely N-dealkylation sites (N-methyl/N-ethyl adjacent to an activating group) is 1. The van der Waals surface area contributed by atoms with Gasteiger partial charge in [0.05, 0.1) is 11.4 Å². The number of nitrogens with zero attached hydrogens (tertiary/aromatic N) is 2. The van der Waals surface area contributed by atoms with Gasteiger partial charge in [-0.25, -0.2) is 8.42 Å². The van der Waals surface area contributed by atoms with E-state index in [1.165, 1.54) is 28.4 Å². The topological polar surface area (TPSA) is 86.8 Å². The van der Waals surface area contributed by atoms with Gasteiger partial charge >= 0.3 is 0 Å². The molecule has 144 valence electrons. The van der Waals surface area contributed by atoms with Crippen LogP contribution in [-0.4, -0.2) is 62.2 Å². The van der Waals surface area contributed by atoms with Crippen LogP contribution in [0.25, 0.3) is 0 Å². The van der Waals surface area contributed by atoms with Crippen LogP contribution >= 0.6 is 0 Å². The first kappa shape index (κ1) is 20.4. The lowest BCUT2D eigenvalue weighted by Gasteiger charge is -2.26. The SMILES string of the molecule is CC(C)NC(=O)CN(C)C(=O)c1cccc(S(=O)(=O)N2CCCCC2)c1. The van der Waals surface area contributed by atoms with Crippen LogP contribution in [0.3, 0.4) is 0 Å². The molecule has 7 nitrogen and oxygen atoms in total. The molecule has 26 heavy (non-hydrogen) atoms. The van der Waals surface area contributed by atoms with Gasteiger partial charge in [0.15, 0.2) is 0 Å². The molecule has 1 N–H and O–H groups in total. The van der Waals surface area contributed by atoms with E-state index in [1.807, 2.05) is 13.8 Å². The summed E-state index contributed by atoms with van der Waals surface area (Å²) in [6.07, 6.45) is 2.74. The number of hydrogen-bond donors (Lipinski definition) is 1. The van der Waals surface area contributed by atoms with E-state index >= 15 is 0 Å². The fraction of sp³-hybridized carbons (Fsp3) is 0.556. The van der Waals surface area contributed by atoms with Crippen molar-refractivity contribution in [2.75, 3.05) is 26.7 Å². The number of rotatable bonds is 6. The second-order valence-electron chi connectivity index (χ2n) is 6.88. The number of piperidine rings is 1. The van der Waals surface area contributed by atoms with E-state index in [2.05, 4.69) is 5.32 Å². The van der Waals surface area contributed by atoms with Crippen LogP contribution in [0.1, 0.15) is 43.5 Å². The molecular weight excluding hydrogens is 354 g/mol. The Morgan fingerprint density at radius 2 is 1.85 bits per heavy atom. The van der Waals surface area contributed by atoms with Crippen LogP contribution in [0.2, 0.25) is 0 Å². The molecule has 0 aromatic heterocycles. The molecule has 0 saturated carbocycles. The Labute approximate surface area is 155 Å². The van der Waals surface area contributed by atoms with Crippen LogP contribution in [0.4, 0.5) is 0 Å². The third-order valence-corrected chi connectivity index (χ3v) is 6.11. The van der Waals surface area contributed by atoms with E-state index in [1.54, 1.807) is 12.1 Å². The van der Waals surface area contributed by atoms with E-state index in [-0.39, 0.29) is 34.9 Å². The van der Waals surface area contributed by atoms with E-state index < -0.39 is 10.0 Å². The molecule has 2 amide bonds. The number of hydrogen-bond acceptors (Lipinski definition) is 4. The van der Waals surface area contributed by atoms with Crippen molar-refractivity contribution < 1.29 is 18.0 Å². The van der Waals surface area contributed by atoms with E-state index in [9.17, 15) is 18.0 Å². The largest absolute Gasteiger partial charge is 0.352 e. The molecule has 2 rings (SSSR count). The van der Waals surface area contributed by atoms with Gasteiger partial charge in [-0.2, -0.15) is 4.31 Å². The zero-order chi connectivity index (χ0) is 19.3. The summed E-state index contributed by atoms with van der Waals surface area (Å²) in [4.78, 5) is 25.8. The summed E-state index contributed by atoms with van der Waals surface area (Å²) >= 11 is 0. The Morgan fingerprint density at radius 1 is 1.19 bits per heavy atom. The van der Waals surface area contributed by atoms with Crippen LogP contribution in [0, 0.1) is 0 Å². The Balaban J connectivity index is 2.15. The maximum Gasteiger partial charge on any atom is 0.254 e. The van der Waals surface area contributed by atoms with Crippen molar-refractivity contribution in [2.45, 2.75) is 44.0 Å². The lowest BCUT2D eigenvalue weighted by Crippen LogP contribution is -2.41. The van der Waals surface area contributed by atoms with Gasteiger partial charge in [0.1, 0.15) is 0 Å². The van der Waals surface area contributed by atoms with Crippen molar-refractivity contribution in [2.24, 2.45) is 0 Å². The van der Waals surface area contributed by atoms with Crippen molar-refractivity contribution in [3.63, 3.8) is 0 Å². The average molecular weight is 381 g/mol. The van der Waals surface area contributed by atoms with Gasteiger partial charge in [-0.3, -0.25) is 9.59 Å². The second kappa shape index (κ2) is 8.64. The number of carbonyl (C=O) groups excluding carboxylic acids is 2. The van der Waals surface area contributed by atoms with E-state index in [4.69, 9.17) is 0 Å². The third kappa shape index (κ3) is 5.04. The molecule has 0 spiro atoms. The van der Waals surface area contributed by atoms with Crippen LogP contribution in [-0.2, 0) is 14.8 Å². The number of benzene rings is 1. The average Bonchev–Trinajstić information content (AvgIpc) is 2.61. The van der Waals surface area contributed by atoms with E-state index in [0.29, 0.717) is 13.1 Å². The zero-order valence-corrected chi connectivity index (χ0v) is 16.4. The monoisotopic (exact) mass is 381 g/mol. The van der Waals surface area contributed by atoms with E-state index in [0.717, 1.165) is 19.3 Å². The molecule has 0 radical (unpaired) electrons. The highest BCUT2D eigenvalue weighted by Crippen LogP contribution is 2.21. The highest BCUT2D eigenvalue weighted by molar-refractivity contribution is 7.89. The maximum absolute atomic E-state index is 12.8.